The molecular formula is C22H22BClN8O4. The van der Waals surface area contributed by atoms with Gasteiger partial charge < -0.3 is 19.1 Å². The van der Waals surface area contributed by atoms with Gasteiger partial charge in [0, 0.05) is 16.2 Å². The summed E-state index contributed by atoms with van der Waals surface area (Å²) in [7, 11) is -1.48. The van der Waals surface area contributed by atoms with Crippen molar-refractivity contribution in [1.29, 1.82) is 0 Å². The van der Waals surface area contributed by atoms with Gasteiger partial charge in [0.2, 0.25) is 0 Å². The second-order valence-electron chi connectivity index (χ2n) is 7.76. The number of pyridine rings is 2. The Kier molecular flexibility index (Phi) is 7.43. The first-order chi connectivity index (χ1) is 17.2. The Morgan fingerprint density at radius 3 is 1.89 bits per heavy atom. The van der Waals surface area contributed by atoms with E-state index in [0.717, 1.165) is 44.8 Å². The van der Waals surface area contributed by atoms with E-state index in [1.165, 1.54) is 0 Å². The second kappa shape index (κ2) is 10.7. The van der Waals surface area contributed by atoms with Gasteiger partial charge in [-0.3, -0.25) is 10.2 Å². The Labute approximate surface area is 209 Å². The molecule has 0 bridgehead atoms. The van der Waals surface area contributed by atoms with Gasteiger partial charge in [-0.15, -0.1) is 0 Å². The summed E-state index contributed by atoms with van der Waals surface area (Å²) >= 11 is 5.62. The van der Waals surface area contributed by atoms with Crippen LogP contribution in [-0.4, -0.2) is 57.8 Å². The van der Waals surface area contributed by atoms with Crippen LogP contribution in [0.25, 0.3) is 33.3 Å². The number of aromatic amines is 2. The lowest BCUT2D eigenvalue weighted by molar-refractivity contribution is 0.392. The van der Waals surface area contributed by atoms with Crippen LogP contribution < -0.4 is 5.46 Å². The standard InChI is InChI=1S/C11H10N4O.C6H4ClN3.C5H8BNO3/c1-6-10(7(2)16-15-6)9-4-3-8-5-12-14-11(8)13-9;7-5-2-1-4-3-8-10-6(4)9-5;1-3-5(6(8)9)4(2)10-7-3/h3-5H,1-2H3,(H,12,13,14);1-3H,(H,8,9,10);8-9H,1-2H3. The van der Waals surface area contributed by atoms with Crippen molar-refractivity contribution in [3.63, 3.8) is 0 Å². The first kappa shape index (κ1) is 25.0. The number of rotatable bonds is 2. The molecule has 6 aromatic rings. The molecule has 0 aromatic carbocycles. The first-order valence-corrected chi connectivity index (χ1v) is 11.1. The van der Waals surface area contributed by atoms with Crippen molar-refractivity contribution >= 4 is 46.2 Å². The van der Waals surface area contributed by atoms with Crippen molar-refractivity contribution in [1.82, 2.24) is 40.7 Å². The van der Waals surface area contributed by atoms with E-state index in [-0.39, 0.29) is 0 Å². The third-order valence-corrected chi connectivity index (χ3v) is 5.41. The molecule has 0 radical (unpaired) electrons. The molecule has 36 heavy (non-hydrogen) atoms. The van der Waals surface area contributed by atoms with E-state index >= 15 is 0 Å². The lowest BCUT2D eigenvalue weighted by atomic mass is 9.79. The number of fused-ring (bicyclic) bond motifs is 2. The quantitative estimate of drug-likeness (QED) is 0.201. The minimum Gasteiger partial charge on any atom is -0.423 e. The molecule has 6 rings (SSSR count). The van der Waals surface area contributed by atoms with Crippen LogP contribution in [0, 0.1) is 27.7 Å². The first-order valence-electron chi connectivity index (χ1n) is 10.7. The van der Waals surface area contributed by atoms with Crippen LogP contribution >= 0.6 is 11.6 Å². The molecule has 184 valence electrons. The van der Waals surface area contributed by atoms with Gasteiger partial charge in [-0.05, 0) is 52.0 Å². The SMILES string of the molecule is Cc1noc(C)c1-c1ccc2cn[nH]c2n1.Cc1noc(C)c1B(O)O.Clc1ccc2cn[nH]c2n1. The van der Waals surface area contributed by atoms with Crippen LogP contribution in [0.4, 0.5) is 0 Å². The van der Waals surface area contributed by atoms with E-state index in [2.05, 4.69) is 45.2 Å². The highest BCUT2D eigenvalue weighted by Crippen LogP contribution is 2.26. The third kappa shape index (κ3) is 5.43. The largest absolute Gasteiger partial charge is 0.494 e. The van der Waals surface area contributed by atoms with Gasteiger partial charge in [-0.25, -0.2) is 9.97 Å². The minimum absolute atomic E-state index is 0.361. The second-order valence-corrected chi connectivity index (χ2v) is 8.14. The fourth-order valence-corrected chi connectivity index (χ4v) is 3.62. The van der Waals surface area contributed by atoms with Gasteiger partial charge in [0.1, 0.15) is 16.7 Å². The average molecular weight is 509 g/mol. The zero-order valence-corrected chi connectivity index (χ0v) is 20.6. The number of nitrogens with zero attached hydrogens (tertiary/aromatic N) is 6. The molecule has 0 aliphatic rings. The smallest absolute Gasteiger partial charge is 0.423 e. The maximum atomic E-state index is 8.73. The zero-order chi connectivity index (χ0) is 25.8. The van der Waals surface area contributed by atoms with E-state index in [9.17, 15) is 0 Å². The van der Waals surface area contributed by atoms with Crippen molar-refractivity contribution < 1.29 is 19.1 Å². The summed E-state index contributed by atoms with van der Waals surface area (Å²) in [6, 6.07) is 7.53. The molecule has 0 saturated carbocycles. The van der Waals surface area contributed by atoms with Crippen LogP contribution in [0.1, 0.15) is 22.9 Å². The number of aryl methyl sites for hydroxylation is 4. The molecule has 0 unspecified atom stereocenters. The Hall–Kier alpha value is -4.07. The Balaban J connectivity index is 0.000000133. The lowest BCUT2D eigenvalue weighted by Gasteiger charge is -1.98. The Morgan fingerprint density at radius 2 is 1.36 bits per heavy atom. The Morgan fingerprint density at radius 1 is 0.778 bits per heavy atom. The van der Waals surface area contributed by atoms with Crippen LogP contribution in [-0.2, 0) is 0 Å². The molecule has 0 spiro atoms. The fourth-order valence-electron chi connectivity index (χ4n) is 3.48. The number of halogens is 1. The van der Waals surface area contributed by atoms with E-state index in [0.29, 0.717) is 22.1 Å². The minimum atomic E-state index is -1.48. The normalized spacial score (nSPS) is 10.6. The number of hydrogen-bond donors (Lipinski definition) is 4. The fraction of sp³-hybridized carbons (Fsp3) is 0.182. The van der Waals surface area contributed by atoms with Crippen molar-refractivity contribution in [3.05, 3.63) is 64.7 Å². The monoisotopic (exact) mass is 508 g/mol. The van der Waals surface area contributed by atoms with Gasteiger partial charge in [0.15, 0.2) is 11.3 Å². The van der Waals surface area contributed by atoms with E-state index in [1.807, 2.05) is 32.0 Å². The third-order valence-electron chi connectivity index (χ3n) is 5.20. The molecule has 0 saturated heterocycles. The molecule has 4 N–H and O–H groups in total. The molecule has 0 aliphatic carbocycles. The number of hydrogen-bond acceptors (Lipinski definition) is 10. The molecule has 0 fully saturated rings. The maximum Gasteiger partial charge on any atom is 0.494 e. The van der Waals surface area contributed by atoms with E-state index in [4.69, 9.17) is 26.2 Å². The molecule has 14 heteroatoms. The van der Waals surface area contributed by atoms with Crippen molar-refractivity contribution in [3.8, 4) is 11.3 Å². The van der Waals surface area contributed by atoms with Crippen molar-refractivity contribution in [2.45, 2.75) is 27.7 Å². The molecular weight excluding hydrogens is 487 g/mol. The molecule has 12 nitrogen and oxygen atoms in total. The predicted octanol–water partition coefficient (Wildman–Crippen LogP) is 2.81. The number of nitrogens with one attached hydrogen (secondary N) is 2. The summed E-state index contributed by atoms with van der Waals surface area (Å²) in [5.41, 5.74) is 5.05. The highest BCUT2D eigenvalue weighted by Gasteiger charge is 2.21. The topological polar surface area (TPSA) is 176 Å². The summed E-state index contributed by atoms with van der Waals surface area (Å²) in [6.07, 6.45) is 3.46. The molecule has 6 aromatic heterocycles. The van der Waals surface area contributed by atoms with Gasteiger partial charge in [-0.2, -0.15) is 10.2 Å². The van der Waals surface area contributed by atoms with E-state index < -0.39 is 7.12 Å². The van der Waals surface area contributed by atoms with Gasteiger partial charge in [0.25, 0.3) is 0 Å². The summed E-state index contributed by atoms with van der Waals surface area (Å²) in [5, 5.41) is 40.7. The van der Waals surface area contributed by atoms with Gasteiger partial charge in [-0.1, -0.05) is 21.9 Å². The number of aromatic nitrogens is 8. The summed E-state index contributed by atoms with van der Waals surface area (Å²) in [4.78, 5) is 8.46. The van der Waals surface area contributed by atoms with Crippen molar-refractivity contribution in [2.24, 2.45) is 0 Å². The number of H-pyrrole nitrogens is 2. The van der Waals surface area contributed by atoms with Crippen LogP contribution in [0.5, 0.6) is 0 Å². The van der Waals surface area contributed by atoms with E-state index in [1.54, 1.807) is 32.3 Å². The van der Waals surface area contributed by atoms with Gasteiger partial charge >= 0.3 is 7.12 Å². The predicted molar refractivity (Wildman–Crippen MR) is 134 cm³/mol. The van der Waals surface area contributed by atoms with Crippen LogP contribution in [0.3, 0.4) is 0 Å². The van der Waals surface area contributed by atoms with Gasteiger partial charge in [0.05, 0.1) is 35.0 Å². The highest BCUT2D eigenvalue weighted by atomic mass is 35.5. The zero-order valence-electron chi connectivity index (χ0n) is 19.8. The Bertz CT molecular complexity index is 1570. The average Bonchev–Trinajstić information content (AvgIpc) is 3.62. The highest BCUT2D eigenvalue weighted by molar-refractivity contribution is 6.59. The summed E-state index contributed by atoms with van der Waals surface area (Å²) in [6.45, 7) is 7.08. The van der Waals surface area contributed by atoms with Crippen LogP contribution in [0.2, 0.25) is 5.15 Å². The molecule has 0 aliphatic heterocycles. The van der Waals surface area contributed by atoms with Crippen LogP contribution in [0.15, 0.2) is 45.7 Å². The summed E-state index contributed by atoms with van der Waals surface area (Å²) < 4.78 is 9.81. The maximum absolute atomic E-state index is 8.73. The van der Waals surface area contributed by atoms with Crippen molar-refractivity contribution in [2.75, 3.05) is 0 Å². The molecule has 6 heterocycles. The molecule has 0 atom stereocenters. The molecule has 0 amide bonds. The summed E-state index contributed by atoms with van der Waals surface area (Å²) in [5.74, 6) is 1.23. The lowest BCUT2D eigenvalue weighted by Crippen LogP contribution is -2.32.